The minimum atomic E-state index is -2.92. The van der Waals surface area contributed by atoms with Gasteiger partial charge in [-0.05, 0) is 30.5 Å². The van der Waals surface area contributed by atoms with Crippen molar-refractivity contribution in [2.24, 2.45) is 11.1 Å². The van der Waals surface area contributed by atoms with Crippen LogP contribution in [0.4, 0.5) is 13.9 Å². The molecule has 0 bridgehead atoms. The SMILES string of the molecule is Nc1nc(/C(=N/OC(C(=O)O)C2CCC(F)(F)CC2)C(=O)N[C@@H]2C(=O)N3C(C(=O)O)=C(CSCCNC(=O)c4ccc(O)c(O)c4Cl)CS[C@H]23)cs1. The van der Waals surface area contributed by atoms with E-state index in [0.717, 1.165) is 22.3 Å². The predicted octanol–water partition coefficient (Wildman–Crippen LogP) is 2.69. The number of carbonyl (C=O) groups excluding carboxylic acids is 3. The lowest BCUT2D eigenvalue weighted by atomic mass is 9.83. The fourth-order valence-electron chi connectivity index (χ4n) is 5.67. The Morgan fingerprint density at radius 1 is 1.21 bits per heavy atom. The summed E-state index contributed by atoms with van der Waals surface area (Å²) in [4.78, 5) is 73.8. The van der Waals surface area contributed by atoms with Crippen molar-refractivity contribution in [2.45, 2.75) is 49.1 Å². The van der Waals surface area contributed by atoms with Crippen LogP contribution in [0.2, 0.25) is 5.02 Å². The topological polar surface area (TPSA) is 254 Å². The first kappa shape index (κ1) is 38.9. The third kappa shape index (κ3) is 8.48. The van der Waals surface area contributed by atoms with E-state index >= 15 is 0 Å². The number of aromatic nitrogens is 1. The lowest BCUT2D eigenvalue weighted by Crippen LogP contribution is -2.71. The molecule has 1 unspecified atom stereocenters. The summed E-state index contributed by atoms with van der Waals surface area (Å²) in [6.45, 7) is 0.145. The second kappa shape index (κ2) is 16.1. The quantitative estimate of drug-likeness (QED) is 0.0477. The van der Waals surface area contributed by atoms with Gasteiger partial charge in [0.05, 0.1) is 10.6 Å². The highest BCUT2D eigenvalue weighted by molar-refractivity contribution is 8.01. The van der Waals surface area contributed by atoms with Crippen LogP contribution in [0.25, 0.3) is 0 Å². The summed E-state index contributed by atoms with van der Waals surface area (Å²) >= 11 is 9.36. The summed E-state index contributed by atoms with van der Waals surface area (Å²) < 4.78 is 27.4. The average molecular weight is 805 g/mol. The molecule has 3 atom stereocenters. The van der Waals surface area contributed by atoms with E-state index in [2.05, 4.69) is 20.8 Å². The third-order valence-electron chi connectivity index (χ3n) is 8.35. The number of phenols is 2. The number of hydrogen-bond donors (Lipinski definition) is 7. The number of carboxylic acids is 2. The van der Waals surface area contributed by atoms with Crippen LogP contribution >= 0.6 is 46.5 Å². The molecule has 3 aliphatic rings. The van der Waals surface area contributed by atoms with E-state index in [1.165, 1.54) is 35.0 Å². The fraction of sp³-hybridized carbons (Fsp3) is 0.433. The van der Waals surface area contributed by atoms with Crippen molar-refractivity contribution in [1.29, 1.82) is 0 Å². The normalized spacial score (nSPS) is 20.8. The molecular weight excluding hydrogens is 774 g/mol. The number of halogens is 3. The van der Waals surface area contributed by atoms with E-state index in [4.69, 9.17) is 22.2 Å². The van der Waals surface area contributed by atoms with Crippen LogP contribution in [0.5, 0.6) is 11.5 Å². The summed E-state index contributed by atoms with van der Waals surface area (Å²) in [5.41, 5.74) is 5.25. The molecule has 8 N–H and O–H groups in total. The standard InChI is InChI=1S/C30H31ClF2N6O10S3/c31-17-14(1-2-16(40)21(17)41)23(42)35-7-8-50-9-13-10-51-26-19(25(44)39(26)20(13)27(45)46)37-24(43)18(15-11-52-29(34)36-15)38-49-22(28(47)48)12-3-5-30(32,33)6-4-12/h1-2,11-12,19,22,26,40-41H,3-10H2,(H2,34,36)(H,35,42)(H,37,43)(H,45,46)(H,47,48)/b38-18-/t19-,22?,26-/m1/s1. The van der Waals surface area contributed by atoms with Crippen molar-refractivity contribution in [2.75, 3.05) is 29.5 Å². The molecule has 2 fully saturated rings. The average Bonchev–Trinajstić information content (AvgIpc) is 3.52. The Bertz CT molecular complexity index is 1840. The first-order valence-corrected chi connectivity index (χ1v) is 18.9. The van der Waals surface area contributed by atoms with E-state index in [-0.39, 0.29) is 58.0 Å². The maximum Gasteiger partial charge on any atom is 0.352 e. The molecule has 3 heterocycles. The van der Waals surface area contributed by atoms with Gasteiger partial charge in [0.1, 0.15) is 22.8 Å². The first-order valence-electron chi connectivity index (χ1n) is 15.4. The second-order valence-corrected chi connectivity index (χ2v) is 15.3. The number of nitrogens with one attached hydrogen (secondary N) is 2. The zero-order chi connectivity index (χ0) is 37.9. The number of anilines is 1. The number of phenolic OH excluding ortho intramolecular Hbond substituents is 2. The van der Waals surface area contributed by atoms with Crippen LogP contribution in [0.3, 0.4) is 0 Å². The van der Waals surface area contributed by atoms with Crippen molar-refractivity contribution in [3.05, 3.63) is 45.1 Å². The number of hydrogen-bond acceptors (Lipinski definition) is 14. The number of carboxylic acid groups (broad SMARTS) is 2. The van der Waals surface area contributed by atoms with Crippen LogP contribution in [-0.2, 0) is 24.0 Å². The van der Waals surface area contributed by atoms with E-state index in [1.54, 1.807) is 0 Å². The Labute approximate surface area is 310 Å². The number of benzene rings is 1. The zero-order valence-corrected chi connectivity index (χ0v) is 29.9. The number of oxime groups is 1. The van der Waals surface area contributed by atoms with Crippen molar-refractivity contribution in [3.63, 3.8) is 0 Å². The molecule has 3 amide bonds. The highest BCUT2D eigenvalue weighted by atomic mass is 35.5. The summed E-state index contributed by atoms with van der Waals surface area (Å²) in [6, 6.07) is 1.17. The van der Waals surface area contributed by atoms with Crippen molar-refractivity contribution >= 4 is 87.0 Å². The number of β-lactam (4-membered cyclic amide) rings is 1. The van der Waals surface area contributed by atoms with E-state index in [9.17, 15) is 53.2 Å². The first-order chi connectivity index (χ1) is 24.6. The Kier molecular flexibility index (Phi) is 12.1. The van der Waals surface area contributed by atoms with Crippen LogP contribution < -0.4 is 16.4 Å². The van der Waals surface area contributed by atoms with Gasteiger partial charge in [-0.15, -0.1) is 23.1 Å². The van der Waals surface area contributed by atoms with Crippen LogP contribution in [0, 0.1) is 5.92 Å². The van der Waals surface area contributed by atoms with E-state index in [1.807, 2.05) is 0 Å². The van der Waals surface area contributed by atoms with Gasteiger partial charge in [-0.1, -0.05) is 16.8 Å². The van der Waals surface area contributed by atoms with Gasteiger partial charge in [-0.3, -0.25) is 19.3 Å². The summed E-state index contributed by atoms with van der Waals surface area (Å²) in [6.07, 6.45) is -2.99. The van der Waals surface area contributed by atoms with Gasteiger partial charge < -0.3 is 41.6 Å². The minimum absolute atomic E-state index is 0.0413. The van der Waals surface area contributed by atoms with E-state index in [0.29, 0.717) is 11.3 Å². The molecular formula is C30H31ClF2N6O10S3. The number of thiazole rings is 1. The lowest BCUT2D eigenvalue weighted by molar-refractivity contribution is -0.158. The zero-order valence-electron chi connectivity index (χ0n) is 26.7. The molecule has 2 aliphatic heterocycles. The number of aliphatic carboxylic acids is 2. The molecule has 16 nitrogen and oxygen atoms in total. The highest BCUT2D eigenvalue weighted by Gasteiger charge is 2.54. The summed E-state index contributed by atoms with van der Waals surface area (Å²) in [5, 5.41) is 48.2. The molecule has 5 rings (SSSR count). The number of thioether (sulfide) groups is 2. The molecule has 1 aromatic heterocycles. The molecule has 0 spiro atoms. The number of alkyl halides is 2. The van der Waals surface area contributed by atoms with Gasteiger partial charge in [-0.25, -0.2) is 23.4 Å². The predicted molar refractivity (Wildman–Crippen MR) is 187 cm³/mol. The fourth-order valence-corrected chi connectivity index (χ4v) is 8.81. The molecule has 52 heavy (non-hydrogen) atoms. The largest absolute Gasteiger partial charge is 0.504 e. The number of nitrogen functional groups attached to an aromatic ring is 1. The van der Waals surface area contributed by atoms with Gasteiger partial charge in [-0.2, -0.15) is 11.8 Å². The Balaban J connectivity index is 1.21. The second-order valence-electron chi connectivity index (χ2n) is 11.8. The molecule has 1 saturated heterocycles. The number of carbonyl (C=O) groups is 5. The third-order valence-corrected chi connectivity index (χ3v) is 11.8. The number of fused-ring (bicyclic) bond motifs is 1. The van der Waals surface area contributed by atoms with Gasteiger partial charge >= 0.3 is 11.9 Å². The van der Waals surface area contributed by atoms with Gasteiger partial charge in [0.25, 0.3) is 17.7 Å². The monoisotopic (exact) mass is 804 g/mol. The van der Waals surface area contributed by atoms with Crippen molar-refractivity contribution < 1.29 is 58.0 Å². The molecule has 22 heteroatoms. The Hall–Kier alpha value is -4.34. The van der Waals surface area contributed by atoms with Crippen LogP contribution in [0.1, 0.15) is 41.7 Å². The van der Waals surface area contributed by atoms with Crippen LogP contribution in [-0.4, -0.2) is 113 Å². The van der Waals surface area contributed by atoms with Gasteiger partial charge in [0.2, 0.25) is 12.0 Å². The minimum Gasteiger partial charge on any atom is -0.504 e. The molecule has 280 valence electrons. The number of aromatic hydroxyl groups is 2. The number of nitrogens with zero attached hydrogens (tertiary/aromatic N) is 3. The number of amides is 3. The van der Waals surface area contributed by atoms with Gasteiger partial charge in [0, 0.05) is 47.9 Å². The Morgan fingerprint density at radius 3 is 2.56 bits per heavy atom. The summed E-state index contributed by atoms with van der Waals surface area (Å²) in [7, 11) is 0. The Morgan fingerprint density at radius 2 is 1.92 bits per heavy atom. The van der Waals surface area contributed by atoms with Crippen molar-refractivity contribution in [3.8, 4) is 11.5 Å². The van der Waals surface area contributed by atoms with Gasteiger partial charge in [0.15, 0.2) is 22.3 Å². The van der Waals surface area contributed by atoms with E-state index < -0.39 is 89.1 Å². The molecule has 1 aliphatic carbocycles. The molecule has 1 saturated carbocycles. The maximum absolute atomic E-state index is 13.7. The maximum atomic E-state index is 13.7. The molecule has 1 aromatic carbocycles. The lowest BCUT2D eigenvalue weighted by Gasteiger charge is -2.49. The van der Waals surface area contributed by atoms with Crippen molar-refractivity contribution in [1.82, 2.24) is 20.5 Å². The summed E-state index contributed by atoms with van der Waals surface area (Å²) in [5.74, 6) is -9.24. The smallest absolute Gasteiger partial charge is 0.352 e. The molecule has 0 radical (unpaired) electrons. The number of rotatable bonds is 14. The highest BCUT2D eigenvalue weighted by Crippen LogP contribution is 2.42. The van der Waals surface area contributed by atoms with Crippen LogP contribution in [0.15, 0.2) is 33.9 Å². The molecule has 2 aromatic rings. The number of nitrogens with two attached hydrogens (primary N) is 1.